The molecule has 3 rings (SSSR count). The van der Waals surface area contributed by atoms with Gasteiger partial charge in [-0.3, -0.25) is 4.79 Å². The molecular formula is C14H20O. The lowest BCUT2D eigenvalue weighted by Gasteiger charge is -2.05. The first-order valence-corrected chi connectivity index (χ1v) is 6.61. The van der Waals surface area contributed by atoms with Crippen molar-refractivity contribution in [3.8, 4) is 0 Å². The fourth-order valence-corrected chi connectivity index (χ4v) is 3.66. The van der Waals surface area contributed by atoms with Gasteiger partial charge in [-0.15, -0.1) is 0 Å². The molecule has 1 heteroatoms. The lowest BCUT2D eigenvalue weighted by Crippen LogP contribution is -2.08. The summed E-state index contributed by atoms with van der Waals surface area (Å²) in [6.07, 6.45) is 12.3. The quantitative estimate of drug-likeness (QED) is 0.673. The Morgan fingerprint density at radius 2 is 1.87 bits per heavy atom. The topological polar surface area (TPSA) is 17.1 Å². The van der Waals surface area contributed by atoms with Crippen LogP contribution in [-0.2, 0) is 4.79 Å². The molecule has 0 aromatic heterocycles. The van der Waals surface area contributed by atoms with Gasteiger partial charge in [-0.2, -0.15) is 0 Å². The highest BCUT2D eigenvalue weighted by molar-refractivity contribution is 5.99. The van der Waals surface area contributed by atoms with Crippen LogP contribution in [0.25, 0.3) is 0 Å². The molecule has 15 heavy (non-hydrogen) atoms. The largest absolute Gasteiger partial charge is 0.294 e. The van der Waals surface area contributed by atoms with E-state index in [1.807, 2.05) is 0 Å². The van der Waals surface area contributed by atoms with Crippen molar-refractivity contribution < 1.29 is 4.79 Å². The molecule has 0 aliphatic heterocycles. The minimum Gasteiger partial charge on any atom is -0.294 e. The Kier molecular flexibility index (Phi) is 2.42. The summed E-state index contributed by atoms with van der Waals surface area (Å²) < 4.78 is 0. The van der Waals surface area contributed by atoms with Crippen LogP contribution < -0.4 is 0 Å². The highest BCUT2D eigenvalue weighted by atomic mass is 16.1. The standard InChI is InChI=1S/C14H20O/c15-14(10-6-3-1-2-4-7-10)13-11-8-5-9-12(11)13/h6,11-13H,1-5,7-9H2. The van der Waals surface area contributed by atoms with Gasteiger partial charge in [-0.25, -0.2) is 0 Å². The molecule has 1 nitrogen and oxygen atoms in total. The van der Waals surface area contributed by atoms with Crippen LogP contribution in [0.15, 0.2) is 11.6 Å². The van der Waals surface area contributed by atoms with E-state index >= 15 is 0 Å². The molecule has 82 valence electrons. The van der Waals surface area contributed by atoms with Crippen LogP contribution in [0.2, 0.25) is 0 Å². The number of hydrogen-bond acceptors (Lipinski definition) is 1. The van der Waals surface area contributed by atoms with E-state index in [0.29, 0.717) is 11.7 Å². The van der Waals surface area contributed by atoms with E-state index < -0.39 is 0 Å². The second-order valence-corrected chi connectivity index (χ2v) is 5.48. The van der Waals surface area contributed by atoms with Crippen molar-refractivity contribution in [3.05, 3.63) is 11.6 Å². The molecule has 0 bridgehead atoms. The summed E-state index contributed by atoms with van der Waals surface area (Å²) in [5.74, 6) is 2.58. The molecule has 0 aromatic carbocycles. The second-order valence-electron chi connectivity index (χ2n) is 5.48. The molecule has 0 heterocycles. The maximum absolute atomic E-state index is 12.3. The maximum Gasteiger partial charge on any atom is 0.162 e. The number of Topliss-reactive ketones (excluding diaryl/α,β-unsaturated/α-hetero) is 1. The lowest BCUT2D eigenvalue weighted by molar-refractivity contribution is -0.117. The van der Waals surface area contributed by atoms with Gasteiger partial charge in [0.2, 0.25) is 0 Å². The average molecular weight is 204 g/mol. The molecule has 2 atom stereocenters. The molecule has 0 radical (unpaired) electrons. The predicted molar refractivity (Wildman–Crippen MR) is 60.5 cm³/mol. The molecule has 0 saturated heterocycles. The van der Waals surface area contributed by atoms with Gasteiger partial charge in [0.15, 0.2) is 5.78 Å². The summed E-state index contributed by atoms with van der Waals surface area (Å²) in [6.45, 7) is 0. The molecule has 0 spiro atoms. The van der Waals surface area contributed by atoms with Gasteiger partial charge in [0.25, 0.3) is 0 Å². The number of fused-ring (bicyclic) bond motifs is 1. The van der Waals surface area contributed by atoms with E-state index in [4.69, 9.17) is 0 Å². The van der Waals surface area contributed by atoms with E-state index in [2.05, 4.69) is 6.08 Å². The molecule has 0 N–H and O–H groups in total. The van der Waals surface area contributed by atoms with Crippen LogP contribution in [0.5, 0.6) is 0 Å². The third kappa shape index (κ3) is 1.66. The van der Waals surface area contributed by atoms with Gasteiger partial charge in [0, 0.05) is 5.92 Å². The molecule has 2 saturated carbocycles. The zero-order chi connectivity index (χ0) is 10.3. The van der Waals surface area contributed by atoms with E-state index in [9.17, 15) is 4.79 Å². The number of hydrogen-bond donors (Lipinski definition) is 0. The fourth-order valence-electron chi connectivity index (χ4n) is 3.66. The number of carbonyl (C=O) groups excluding carboxylic acids is 1. The molecule has 0 amide bonds. The van der Waals surface area contributed by atoms with E-state index in [0.717, 1.165) is 24.7 Å². The van der Waals surface area contributed by atoms with E-state index in [1.54, 1.807) is 0 Å². The van der Waals surface area contributed by atoms with Gasteiger partial charge in [-0.05, 0) is 55.9 Å². The average Bonchev–Trinajstić information content (AvgIpc) is 2.87. The first kappa shape index (κ1) is 9.62. The van der Waals surface area contributed by atoms with E-state index in [-0.39, 0.29) is 0 Å². The van der Waals surface area contributed by atoms with Crippen LogP contribution in [-0.4, -0.2) is 5.78 Å². The highest BCUT2D eigenvalue weighted by Crippen LogP contribution is 2.58. The first-order chi connectivity index (χ1) is 7.38. The Balaban J connectivity index is 1.67. The van der Waals surface area contributed by atoms with Crippen molar-refractivity contribution >= 4 is 5.78 Å². The van der Waals surface area contributed by atoms with Crippen molar-refractivity contribution in [2.24, 2.45) is 17.8 Å². The van der Waals surface area contributed by atoms with Crippen molar-refractivity contribution in [3.63, 3.8) is 0 Å². The van der Waals surface area contributed by atoms with Crippen LogP contribution >= 0.6 is 0 Å². The molecule has 3 aliphatic rings. The van der Waals surface area contributed by atoms with Gasteiger partial charge < -0.3 is 0 Å². The molecule has 2 fully saturated rings. The normalized spacial score (nSPS) is 39.2. The zero-order valence-electron chi connectivity index (χ0n) is 9.37. The Morgan fingerprint density at radius 1 is 1.07 bits per heavy atom. The minimum atomic E-state index is 0.461. The Morgan fingerprint density at radius 3 is 2.67 bits per heavy atom. The Labute approximate surface area is 91.9 Å². The summed E-state index contributed by atoms with van der Waals surface area (Å²) >= 11 is 0. The maximum atomic E-state index is 12.3. The summed E-state index contributed by atoms with van der Waals surface area (Å²) in [7, 11) is 0. The van der Waals surface area contributed by atoms with Crippen molar-refractivity contribution in [2.45, 2.75) is 51.4 Å². The highest BCUT2D eigenvalue weighted by Gasteiger charge is 2.56. The Hall–Kier alpha value is -0.590. The van der Waals surface area contributed by atoms with Gasteiger partial charge in [0.05, 0.1) is 0 Å². The predicted octanol–water partition coefficient (Wildman–Crippen LogP) is 3.49. The van der Waals surface area contributed by atoms with E-state index in [1.165, 1.54) is 44.1 Å². The number of allylic oxidation sites excluding steroid dienone is 2. The SMILES string of the molecule is O=C(C1=CCCCCC1)C1C2CCCC21. The summed E-state index contributed by atoms with van der Waals surface area (Å²) in [5, 5.41) is 0. The van der Waals surface area contributed by atoms with Crippen molar-refractivity contribution in [1.82, 2.24) is 0 Å². The van der Waals surface area contributed by atoms with Crippen LogP contribution in [0.3, 0.4) is 0 Å². The van der Waals surface area contributed by atoms with Crippen LogP contribution in [0.1, 0.15) is 51.4 Å². The fraction of sp³-hybridized carbons (Fsp3) is 0.786. The van der Waals surface area contributed by atoms with Crippen molar-refractivity contribution in [2.75, 3.05) is 0 Å². The summed E-state index contributed by atoms with van der Waals surface area (Å²) in [4.78, 5) is 12.3. The Bertz CT molecular complexity index is 292. The minimum absolute atomic E-state index is 0.461. The monoisotopic (exact) mass is 204 g/mol. The van der Waals surface area contributed by atoms with Crippen LogP contribution in [0.4, 0.5) is 0 Å². The molecule has 2 unspecified atom stereocenters. The lowest BCUT2D eigenvalue weighted by atomic mass is 9.98. The third-order valence-corrected chi connectivity index (χ3v) is 4.57. The first-order valence-electron chi connectivity index (χ1n) is 6.61. The summed E-state index contributed by atoms with van der Waals surface area (Å²) in [6, 6.07) is 0. The summed E-state index contributed by atoms with van der Waals surface area (Å²) in [5.41, 5.74) is 1.19. The zero-order valence-corrected chi connectivity index (χ0v) is 9.37. The number of carbonyl (C=O) groups is 1. The smallest absolute Gasteiger partial charge is 0.162 e. The molecular weight excluding hydrogens is 184 g/mol. The number of ketones is 1. The van der Waals surface area contributed by atoms with Gasteiger partial charge in [0.1, 0.15) is 0 Å². The molecule has 3 aliphatic carbocycles. The van der Waals surface area contributed by atoms with Gasteiger partial charge >= 0.3 is 0 Å². The molecule has 0 aromatic rings. The number of rotatable bonds is 2. The third-order valence-electron chi connectivity index (χ3n) is 4.57. The van der Waals surface area contributed by atoms with Crippen molar-refractivity contribution in [1.29, 1.82) is 0 Å². The second kappa shape index (κ2) is 3.77. The van der Waals surface area contributed by atoms with Gasteiger partial charge in [-0.1, -0.05) is 18.9 Å². The van der Waals surface area contributed by atoms with Crippen LogP contribution in [0, 0.1) is 17.8 Å².